The van der Waals surface area contributed by atoms with Crippen LogP contribution in [0.4, 0.5) is 11.5 Å². The van der Waals surface area contributed by atoms with Gasteiger partial charge in [-0.1, -0.05) is 18.2 Å². The van der Waals surface area contributed by atoms with Gasteiger partial charge in [-0.25, -0.2) is 4.98 Å². The molecule has 1 aromatic heterocycles. The molecule has 0 spiro atoms. The SMILES string of the molecule is CC1Cc2ccccc2N1CCNC(=O)c1cccnc1N1CCCCC1. The molecular formula is C22H28N4O. The Balaban J connectivity index is 1.39. The standard InChI is InChI=1S/C22H28N4O/c1-17-16-18-8-3-4-10-20(18)26(17)15-12-24-22(27)19-9-7-11-23-21(19)25-13-5-2-6-14-25/h3-4,7-11,17H,2,5-6,12-16H2,1H3,(H,24,27). The van der Waals surface area contributed by atoms with E-state index in [2.05, 4.69) is 51.3 Å². The summed E-state index contributed by atoms with van der Waals surface area (Å²) in [5.41, 5.74) is 3.39. The Labute approximate surface area is 161 Å². The molecule has 4 rings (SSSR count). The average Bonchev–Trinajstić information content (AvgIpc) is 3.04. The molecule has 1 amide bonds. The lowest BCUT2D eigenvalue weighted by molar-refractivity contribution is 0.0954. The van der Waals surface area contributed by atoms with Crippen LogP contribution in [0.15, 0.2) is 42.6 Å². The molecule has 1 aromatic carbocycles. The van der Waals surface area contributed by atoms with E-state index < -0.39 is 0 Å². The molecule has 3 heterocycles. The molecule has 1 fully saturated rings. The summed E-state index contributed by atoms with van der Waals surface area (Å²) < 4.78 is 0. The highest BCUT2D eigenvalue weighted by Gasteiger charge is 2.25. The number of carbonyl (C=O) groups excluding carboxylic acids is 1. The minimum Gasteiger partial charge on any atom is -0.367 e. The van der Waals surface area contributed by atoms with Crippen LogP contribution in [0.5, 0.6) is 0 Å². The van der Waals surface area contributed by atoms with Gasteiger partial charge in [-0.3, -0.25) is 4.79 Å². The maximum Gasteiger partial charge on any atom is 0.255 e. The fraction of sp³-hybridized carbons (Fsp3) is 0.455. The average molecular weight is 364 g/mol. The number of amides is 1. The van der Waals surface area contributed by atoms with E-state index in [4.69, 9.17) is 0 Å². The quantitative estimate of drug-likeness (QED) is 0.885. The highest BCUT2D eigenvalue weighted by atomic mass is 16.1. The van der Waals surface area contributed by atoms with Crippen LogP contribution >= 0.6 is 0 Å². The molecule has 5 heteroatoms. The van der Waals surface area contributed by atoms with E-state index in [1.807, 2.05) is 12.1 Å². The Bertz CT molecular complexity index is 800. The summed E-state index contributed by atoms with van der Waals surface area (Å²) in [5.74, 6) is 0.804. The van der Waals surface area contributed by atoms with E-state index >= 15 is 0 Å². The summed E-state index contributed by atoms with van der Waals surface area (Å²) in [7, 11) is 0. The number of para-hydroxylation sites is 1. The molecule has 142 valence electrons. The number of pyridine rings is 1. The van der Waals surface area contributed by atoms with Crippen molar-refractivity contribution in [2.24, 2.45) is 0 Å². The number of anilines is 2. The second-order valence-electron chi connectivity index (χ2n) is 7.55. The third kappa shape index (κ3) is 3.77. The van der Waals surface area contributed by atoms with Crippen molar-refractivity contribution >= 4 is 17.4 Å². The van der Waals surface area contributed by atoms with Gasteiger partial charge in [-0.15, -0.1) is 0 Å². The third-order valence-corrected chi connectivity index (χ3v) is 5.67. The number of carbonyl (C=O) groups is 1. The largest absolute Gasteiger partial charge is 0.367 e. The van der Waals surface area contributed by atoms with Crippen LogP contribution in [-0.2, 0) is 6.42 Å². The molecule has 1 N–H and O–H groups in total. The second-order valence-corrected chi connectivity index (χ2v) is 7.55. The van der Waals surface area contributed by atoms with E-state index in [9.17, 15) is 4.79 Å². The summed E-state index contributed by atoms with van der Waals surface area (Å²) in [6.07, 6.45) is 6.46. The van der Waals surface area contributed by atoms with Crippen molar-refractivity contribution in [2.75, 3.05) is 36.0 Å². The molecule has 1 unspecified atom stereocenters. The molecule has 0 radical (unpaired) electrons. The Morgan fingerprint density at radius 3 is 2.81 bits per heavy atom. The predicted molar refractivity (Wildman–Crippen MR) is 110 cm³/mol. The first-order chi connectivity index (χ1) is 13.2. The number of aromatic nitrogens is 1. The first-order valence-electron chi connectivity index (χ1n) is 10.1. The van der Waals surface area contributed by atoms with Gasteiger partial charge in [-0.05, 0) is 56.4 Å². The first kappa shape index (κ1) is 17.8. The van der Waals surface area contributed by atoms with Gasteiger partial charge in [0.2, 0.25) is 0 Å². The molecule has 27 heavy (non-hydrogen) atoms. The van der Waals surface area contributed by atoms with Gasteiger partial charge < -0.3 is 15.1 Å². The molecule has 5 nitrogen and oxygen atoms in total. The van der Waals surface area contributed by atoms with Crippen LogP contribution in [0.1, 0.15) is 42.1 Å². The Morgan fingerprint density at radius 2 is 1.96 bits per heavy atom. The Kier molecular flexibility index (Phi) is 5.28. The first-order valence-corrected chi connectivity index (χ1v) is 10.1. The number of nitrogens with zero attached hydrogens (tertiary/aromatic N) is 3. The van der Waals surface area contributed by atoms with Gasteiger partial charge in [0.25, 0.3) is 5.91 Å². The number of piperidine rings is 1. The summed E-state index contributed by atoms with van der Waals surface area (Å²) in [6, 6.07) is 12.8. The van der Waals surface area contributed by atoms with Crippen molar-refractivity contribution in [3.63, 3.8) is 0 Å². The maximum atomic E-state index is 12.8. The number of hydrogen-bond donors (Lipinski definition) is 1. The molecule has 2 aromatic rings. The van der Waals surface area contributed by atoms with Gasteiger partial charge in [0, 0.05) is 44.1 Å². The number of nitrogens with one attached hydrogen (secondary N) is 1. The van der Waals surface area contributed by atoms with E-state index in [0.29, 0.717) is 18.2 Å². The fourth-order valence-electron chi connectivity index (χ4n) is 4.29. The summed E-state index contributed by atoms with van der Waals surface area (Å²) in [5, 5.41) is 3.11. The lowest BCUT2D eigenvalue weighted by Crippen LogP contribution is -2.38. The minimum absolute atomic E-state index is 0.0243. The van der Waals surface area contributed by atoms with Crippen LogP contribution in [-0.4, -0.2) is 43.1 Å². The van der Waals surface area contributed by atoms with E-state index in [1.165, 1.54) is 30.5 Å². The normalized spacial score (nSPS) is 19.1. The predicted octanol–water partition coefficient (Wildman–Crippen LogP) is 3.25. The number of fused-ring (bicyclic) bond motifs is 1. The van der Waals surface area contributed by atoms with Crippen molar-refractivity contribution in [2.45, 2.75) is 38.6 Å². The van der Waals surface area contributed by atoms with Crippen molar-refractivity contribution in [1.29, 1.82) is 0 Å². The van der Waals surface area contributed by atoms with E-state index in [1.54, 1.807) is 6.20 Å². The molecular weight excluding hydrogens is 336 g/mol. The Hall–Kier alpha value is -2.56. The van der Waals surface area contributed by atoms with Crippen LogP contribution in [0.25, 0.3) is 0 Å². The minimum atomic E-state index is -0.0243. The topological polar surface area (TPSA) is 48.5 Å². The van der Waals surface area contributed by atoms with E-state index in [0.717, 1.165) is 31.9 Å². The molecule has 1 saturated heterocycles. The van der Waals surface area contributed by atoms with Gasteiger partial charge in [-0.2, -0.15) is 0 Å². The van der Waals surface area contributed by atoms with Crippen molar-refractivity contribution in [3.05, 3.63) is 53.7 Å². The van der Waals surface area contributed by atoms with Gasteiger partial charge >= 0.3 is 0 Å². The van der Waals surface area contributed by atoms with Crippen LogP contribution in [0.3, 0.4) is 0 Å². The number of benzene rings is 1. The van der Waals surface area contributed by atoms with Crippen LogP contribution < -0.4 is 15.1 Å². The molecule has 2 aliphatic rings. The van der Waals surface area contributed by atoms with E-state index in [-0.39, 0.29) is 5.91 Å². The molecule has 0 aliphatic carbocycles. The molecule has 1 atom stereocenters. The van der Waals surface area contributed by atoms with Crippen molar-refractivity contribution in [1.82, 2.24) is 10.3 Å². The zero-order valence-electron chi connectivity index (χ0n) is 16.0. The van der Waals surface area contributed by atoms with Gasteiger partial charge in [0.15, 0.2) is 0 Å². The smallest absolute Gasteiger partial charge is 0.255 e. The van der Waals surface area contributed by atoms with Crippen LogP contribution in [0, 0.1) is 0 Å². The lowest BCUT2D eigenvalue weighted by Gasteiger charge is -2.29. The molecule has 0 bridgehead atoms. The maximum absolute atomic E-state index is 12.8. The third-order valence-electron chi connectivity index (χ3n) is 5.67. The summed E-state index contributed by atoms with van der Waals surface area (Å²) >= 11 is 0. The zero-order chi connectivity index (χ0) is 18.6. The number of hydrogen-bond acceptors (Lipinski definition) is 4. The number of rotatable bonds is 5. The van der Waals surface area contributed by atoms with Gasteiger partial charge in [0.05, 0.1) is 5.56 Å². The van der Waals surface area contributed by atoms with Crippen molar-refractivity contribution in [3.8, 4) is 0 Å². The summed E-state index contributed by atoms with van der Waals surface area (Å²) in [6.45, 7) is 5.67. The second kappa shape index (κ2) is 7.99. The summed E-state index contributed by atoms with van der Waals surface area (Å²) in [4.78, 5) is 22.0. The van der Waals surface area contributed by atoms with Crippen LogP contribution in [0.2, 0.25) is 0 Å². The fourth-order valence-corrected chi connectivity index (χ4v) is 4.29. The zero-order valence-corrected chi connectivity index (χ0v) is 16.0. The monoisotopic (exact) mass is 364 g/mol. The van der Waals surface area contributed by atoms with Crippen molar-refractivity contribution < 1.29 is 4.79 Å². The Morgan fingerprint density at radius 1 is 1.15 bits per heavy atom. The molecule has 2 aliphatic heterocycles. The van der Waals surface area contributed by atoms with Gasteiger partial charge in [0.1, 0.15) is 5.82 Å². The molecule has 0 saturated carbocycles. The highest BCUT2D eigenvalue weighted by Crippen LogP contribution is 2.31. The highest BCUT2D eigenvalue weighted by molar-refractivity contribution is 5.98. The lowest BCUT2D eigenvalue weighted by atomic mass is 10.1.